The average molecular weight is 230 g/mol. The molecule has 4 heteroatoms. The van der Waals surface area contributed by atoms with Gasteiger partial charge in [0, 0.05) is 30.4 Å². The molecule has 88 valence electrons. The molecule has 1 atom stereocenters. The van der Waals surface area contributed by atoms with Crippen LogP contribution in [0.3, 0.4) is 0 Å². The Morgan fingerprint density at radius 2 is 2.00 bits per heavy atom. The zero-order valence-electron chi connectivity index (χ0n) is 9.37. The van der Waals surface area contributed by atoms with Crippen molar-refractivity contribution in [2.24, 2.45) is 0 Å². The molecule has 2 N–H and O–H groups in total. The monoisotopic (exact) mass is 230 g/mol. The number of benzene rings is 1. The quantitative estimate of drug-likeness (QED) is 0.781. The predicted molar refractivity (Wildman–Crippen MR) is 63.7 cm³/mol. The molecule has 1 aliphatic rings. The lowest BCUT2D eigenvalue weighted by molar-refractivity contribution is 0.144. The van der Waals surface area contributed by atoms with Crippen molar-refractivity contribution in [2.75, 3.05) is 0 Å². The molecule has 2 heterocycles. The topological polar surface area (TPSA) is 58.3 Å². The van der Waals surface area contributed by atoms with Gasteiger partial charge in [-0.25, -0.2) is 4.98 Å². The number of hydrogen-bond donors (Lipinski definition) is 2. The molecule has 0 saturated heterocycles. The maximum atomic E-state index is 9.60. The molecule has 4 nitrogen and oxygen atoms in total. The molecule has 3 rings (SSSR count). The van der Waals surface area contributed by atoms with E-state index in [0.29, 0.717) is 6.42 Å². The predicted octanol–water partition coefficient (Wildman–Crippen LogP) is 1.56. The number of rotatable bonds is 1. The van der Waals surface area contributed by atoms with E-state index in [1.807, 2.05) is 18.3 Å². The van der Waals surface area contributed by atoms with Crippen molar-refractivity contribution in [3.05, 3.63) is 36.2 Å². The minimum atomic E-state index is -0.244. The number of phenolic OH excluding ortho intramolecular Hbond substituents is 1. The summed E-state index contributed by atoms with van der Waals surface area (Å²) in [6, 6.07) is 7.04. The smallest absolute Gasteiger partial charge is 0.140 e. The second kappa shape index (κ2) is 3.89. The van der Waals surface area contributed by atoms with E-state index in [1.165, 1.54) is 0 Å². The fraction of sp³-hybridized carbons (Fsp3) is 0.308. The second-order valence-electron chi connectivity index (χ2n) is 4.42. The van der Waals surface area contributed by atoms with Crippen molar-refractivity contribution in [1.29, 1.82) is 0 Å². The van der Waals surface area contributed by atoms with Crippen LogP contribution in [0.5, 0.6) is 5.75 Å². The molecule has 1 aromatic carbocycles. The molecule has 1 aliphatic heterocycles. The van der Waals surface area contributed by atoms with Crippen LogP contribution in [0, 0.1) is 0 Å². The lowest BCUT2D eigenvalue weighted by Crippen LogP contribution is -2.22. The van der Waals surface area contributed by atoms with Gasteiger partial charge in [-0.05, 0) is 30.7 Å². The Bertz CT molecular complexity index is 531. The van der Waals surface area contributed by atoms with E-state index in [9.17, 15) is 10.2 Å². The van der Waals surface area contributed by atoms with Crippen molar-refractivity contribution < 1.29 is 10.2 Å². The first-order chi connectivity index (χ1) is 8.24. The van der Waals surface area contributed by atoms with E-state index in [2.05, 4.69) is 9.55 Å². The van der Waals surface area contributed by atoms with Gasteiger partial charge >= 0.3 is 0 Å². The van der Waals surface area contributed by atoms with Crippen molar-refractivity contribution in [3.63, 3.8) is 0 Å². The zero-order valence-corrected chi connectivity index (χ0v) is 9.37. The first kappa shape index (κ1) is 10.4. The van der Waals surface area contributed by atoms with Crippen LogP contribution in [-0.4, -0.2) is 25.9 Å². The number of phenols is 1. The second-order valence-corrected chi connectivity index (χ2v) is 4.42. The summed E-state index contributed by atoms with van der Waals surface area (Å²) in [5.74, 6) is 1.17. The lowest BCUT2D eigenvalue weighted by atomic mass is 10.1. The normalized spacial score (nSPS) is 19.0. The molecular weight excluding hydrogens is 216 g/mol. The summed E-state index contributed by atoms with van der Waals surface area (Å²) in [5.41, 5.74) is 2.07. The van der Waals surface area contributed by atoms with Crippen LogP contribution < -0.4 is 0 Å². The van der Waals surface area contributed by atoms with Crippen LogP contribution in [0.2, 0.25) is 0 Å². The number of imidazole rings is 1. The molecule has 0 fully saturated rings. The van der Waals surface area contributed by atoms with Gasteiger partial charge in [0.1, 0.15) is 11.6 Å². The fourth-order valence-corrected chi connectivity index (χ4v) is 2.29. The largest absolute Gasteiger partial charge is 0.508 e. The van der Waals surface area contributed by atoms with Crippen LogP contribution in [0.15, 0.2) is 30.5 Å². The minimum absolute atomic E-state index is 0.244. The van der Waals surface area contributed by atoms with Gasteiger partial charge in [0.2, 0.25) is 0 Å². The van der Waals surface area contributed by atoms with E-state index in [-0.39, 0.29) is 11.9 Å². The molecule has 0 aliphatic carbocycles. The van der Waals surface area contributed by atoms with Gasteiger partial charge in [-0.3, -0.25) is 0 Å². The van der Waals surface area contributed by atoms with Crippen molar-refractivity contribution in [2.45, 2.75) is 25.5 Å². The molecule has 17 heavy (non-hydrogen) atoms. The Morgan fingerprint density at radius 1 is 1.24 bits per heavy atom. The summed E-state index contributed by atoms with van der Waals surface area (Å²) in [5, 5.41) is 18.9. The number of fused-ring (bicyclic) bond motifs is 1. The maximum Gasteiger partial charge on any atom is 0.140 e. The van der Waals surface area contributed by atoms with Gasteiger partial charge < -0.3 is 14.8 Å². The number of hydrogen-bond acceptors (Lipinski definition) is 3. The number of aliphatic hydroxyl groups excluding tert-OH is 1. The van der Waals surface area contributed by atoms with E-state index in [4.69, 9.17) is 0 Å². The first-order valence-corrected chi connectivity index (χ1v) is 5.76. The van der Waals surface area contributed by atoms with Crippen LogP contribution in [0.4, 0.5) is 0 Å². The van der Waals surface area contributed by atoms with Crippen molar-refractivity contribution in [1.82, 2.24) is 9.55 Å². The van der Waals surface area contributed by atoms with E-state index >= 15 is 0 Å². The molecule has 0 bridgehead atoms. The van der Waals surface area contributed by atoms with Gasteiger partial charge in [0.15, 0.2) is 0 Å². The van der Waals surface area contributed by atoms with Crippen molar-refractivity contribution >= 4 is 0 Å². The average Bonchev–Trinajstić information content (AvgIpc) is 2.73. The van der Waals surface area contributed by atoms with Gasteiger partial charge in [-0.2, -0.15) is 0 Å². The summed E-state index contributed by atoms with van der Waals surface area (Å²) < 4.78 is 2.14. The van der Waals surface area contributed by atoms with Crippen LogP contribution in [-0.2, 0) is 13.0 Å². The van der Waals surface area contributed by atoms with Gasteiger partial charge in [0.05, 0.1) is 6.10 Å². The van der Waals surface area contributed by atoms with Gasteiger partial charge in [0.25, 0.3) is 0 Å². The van der Waals surface area contributed by atoms with Gasteiger partial charge in [-0.1, -0.05) is 0 Å². The van der Waals surface area contributed by atoms with E-state index < -0.39 is 0 Å². The molecule has 1 aromatic heterocycles. The lowest BCUT2D eigenvalue weighted by Gasteiger charge is -2.21. The highest BCUT2D eigenvalue weighted by atomic mass is 16.3. The highest BCUT2D eigenvalue weighted by Crippen LogP contribution is 2.25. The SMILES string of the molecule is Oc1ccc(-c2ncc3n2CCC(O)C3)cc1. The van der Waals surface area contributed by atoms with E-state index in [0.717, 1.165) is 30.0 Å². The molecule has 0 radical (unpaired) electrons. The molecule has 0 amide bonds. The standard InChI is InChI=1S/C13H14N2O2/c16-11-3-1-9(2-4-11)13-14-8-10-7-12(17)5-6-15(10)13/h1-4,8,12,16-17H,5-7H2. The summed E-state index contributed by atoms with van der Waals surface area (Å²) in [6.45, 7) is 0.798. The summed E-state index contributed by atoms with van der Waals surface area (Å²) in [4.78, 5) is 4.40. The summed E-state index contributed by atoms with van der Waals surface area (Å²) in [7, 11) is 0. The molecule has 1 unspecified atom stereocenters. The molecule has 0 spiro atoms. The van der Waals surface area contributed by atoms with Crippen LogP contribution in [0.1, 0.15) is 12.1 Å². The number of aromatic nitrogens is 2. The number of nitrogens with zero attached hydrogens (tertiary/aromatic N) is 2. The van der Waals surface area contributed by atoms with Gasteiger partial charge in [-0.15, -0.1) is 0 Å². The molecular formula is C13H14N2O2. The zero-order chi connectivity index (χ0) is 11.8. The van der Waals surface area contributed by atoms with E-state index in [1.54, 1.807) is 12.1 Å². The summed E-state index contributed by atoms with van der Waals surface area (Å²) in [6.07, 6.45) is 3.02. The Kier molecular flexibility index (Phi) is 2.37. The third-order valence-electron chi connectivity index (χ3n) is 3.19. The Morgan fingerprint density at radius 3 is 2.76 bits per heavy atom. The van der Waals surface area contributed by atoms with Crippen LogP contribution in [0.25, 0.3) is 11.4 Å². The first-order valence-electron chi connectivity index (χ1n) is 5.76. The Hall–Kier alpha value is -1.81. The third-order valence-corrected chi connectivity index (χ3v) is 3.19. The number of aromatic hydroxyl groups is 1. The Labute approximate surface area is 99.2 Å². The van der Waals surface area contributed by atoms with Crippen molar-refractivity contribution in [3.8, 4) is 17.1 Å². The maximum absolute atomic E-state index is 9.60. The number of aliphatic hydroxyl groups is 1. The summed E-state index contributed by atoms with van der Waals surface area (Å²) >= 11 is 0. The Balaban J connectivity index is 2.02. The molecule has 2 aromatic rings. The fourth-order valence-electron chi connectivity index (χ4n) is 2.29. The van der Waals surface area contributed by atoms with Crippen LogP contribution >= 0.6 is 0 Å². The minimum Gasteiger partial charge on any atom is -0.508 e. The third kappa shape index (κ3) is 1.80. The molecule has 0 saturated carbocycles. The highest BCUT2D eigenvalue weighted by Gasteiger charge is 2.20. The highest BCUT2D eigenvalue weighted by molar-refractivity contribution is 5.57.